The highest BCUT2D eigenvalue weighted by molar-refractivity contribution is 5.85. The third-order valence-electron chi connectivity index (χ3n) is 3.05. The van der Waals surface area contributed by atoms with Crippen LogP contribution in [0.4, 0.5) is 0 Å². The lowest BCUT2D eigenvalue weighted by Crippen LogP contribution is -2.45. The van der Waals surface area contributed by atoms with Gasteiger partial charge >= 0.3 is 0 Å². The Morgan fingerprint density at radius 2 is 2.17 bits per heavy atom. The fourth-order valence-electron chi connectivity index (χ4n) is 2.09. The normalized spacial score (nSPS) is 19.0. The van der Waals surface area contributed by atoms with Gasteiger partial charge in [-0.05, 0) is 19.3 Å². The van der Waals surface area contributed by atoms with Crippen LogP contribution in [0.1, 0.15) is 32.6 Å². The van der Waals surface area contributed by atoms with E-state index < -0.39 is 0 Å². The third kappa shape index (κ3) is 5.23. The number of nitrogens with zero attached hydrogens (tertiary/aromatic N) is 1. The molecule has 0 aromatic heterocycles. The molecule has 1 rings (SSSR count). The number of nitrogens with two attached hydrogens (primary N) is 1. The van der Waals surface area contributed by atoms with Crippen LogP contribution in [0, 0.1) is 5.92 Å². The average molecular weight is 278 g/mol. The largest absolute Gasteiger partial charge is 0.356 e. The van der Waals surface area contributed by atoms with Gasteiger partial charge in [-0.3, -0.25) is 9.59 Å². The Bertz CT molecular complexity index is 274. The lowest BCUT2D eigenvalue weighted by molar-refractivity contribution is -0.135. The molecule has 0 bridgehead atoms. The van der Waals surface area contributed by atoms with Crippen molar-refractivity contribution in [2.75, 3.05) is 26.2 Å². The maximum Gasteiger partial charge on any atom is 0.224 e. The highest BCUT2D eigenvalue weighted by Gasteiger charge is 2.27. The summed E-state index contributed by atoms with van der Waals surface area (Å²) >= 11 is 0. The van der Waals surface area contributed by atoms with Gasteiger partial charge in [0.05, 0.1) is 5.92 Å². The number of amides is 2. The van der Waals surface area contributed by atoms with Gasteiger partial charge in [-0.1, -0.05) is 6.92 Å². The maximum absolute atomic E-state index is 11.8. The minimum Gasteiger partial charge on any atom is -0.356 e. The number of carbonyl (C=O) groups is 2. The summed E-state index contributed by atoms with van der Waals surface area (Å²) in [7, 11) is 0. The smallest absolute Gasteiger partial charge is 0.224 e. The number of likely N-dealkylation sites (tertiary alicyclic amines) is 1. The summed E-state index contributed by atoms with van der Waals surface area (Å²) in [5.74, 6) is 0.106. The van der Waals surface area contributed by atoms with E-state index >= 15 is 0 Å². The molecule has 0 aromatic rings. The topological polar surface area (TPSA) is 75.4 Å². The summed E-state index contributed by atoms with van der Waals surface area (Å²) < 4.78 is 0. The van der Waals surface area contributed by atoms with Crippen molar-refractivity contribution in [3.05, 3.63) is 0 Å². The standard InChI is InChI=1S/C12H23N3O2.ClH/c1-2-7-14-12(17)10-4-3-8-15(9-10)11(16)5-6-13;/h10H,2-9,13H2,1H3,(H,14,17);1H. The van der Waals surface area contributed by atoms with E-state index in [0.29, 0.717) is 26.1 Å². The van der Waals surface area contributed by atoms with Gasteiger partial charge in [0.1, 0.15) is 0 Å². The van der Waals surface area contributed by atoms with E-state index in [9.17, 15) is 9.59 Å². The van der Waals surface area contributed by atoms with Crippen LogP contribution in [0.15, 0.2) is 0 Å². The Morgan fingerprint density at radius 1 is 1.44 bits per heavy atom. The highest BCUT2D eigenvalue weighted by atomic mass is 35.5. The van der Waals surface area contributed by atoms with Gasteiger partial charge in [0.15, 0.2) is 0 Å². The van der Waals surface area contributed by atoms with Gasteiger partial charge in [-0.25, -0.2) is 0 Å². The molecule has 1 aliphatic rings. The molecular formula is C12H24ClN3O2. The van der Waals surface area contributed by atoms with E-state index in [1.165, 1.54) is 0 Å². The fraction of sp³-hybridized carbons (Fsp3) is 0.833. The van der Waals surface area contributed by atoms with Gasteiger partial charge in [0, 0.05) is 32.6 Å². The quantitative estimate of drug-likeness (QED) is 0.769. The van der Waals surface area contributed by atoms with Crippen LogP contribution >= 0.6 is 12.4 Å². The van der Waals surface area contributed by atoms with Crippen molar-refractivity contribution in [2.24, 2.45) is 11.7 Å². The van der Waals surface area contributed by atoms with Crippen LogP contribution in [0.5, 0.6) is 0 Å². The molecule has 6 heteroatoms. The average Bonchev–Trinajstić information content (AvgIpc) is 2.36. The molecule has 18 heavy (non-hydrogen) atoms. The number of hydrogen-bond acceptors (Lipinski definition) is 3. The minimum atomic E-state index is -0.0444. The molecular weight excluding hydrogens is 254 g/mol. The number of carbonyl (C=O) groups excluding carboxylic acids is 2. The molecule has 0 spiro atoms. The molecule has 1 heterocycles. The predicted molar refractivity (Wildman–Crippen MR) is 73.5 cm³/mol. The zero-order valence-electron chi connectivity index (χ0n) is 11.0. The van der Waals surface area contributed by atoms with Crippen molar-refractivity contribution >= 4 is 24.2 Å². The fourth-order valence-corrected chi connectivity index (χ4v) is 2.09. The van der Waals surface area contributed by atoms with E-state index in [1.807, 2.05) is 6.92 Å². The van der Waals surface area contributed by atoms with Crippen molar-refractivity contribution in [1.82, 2.24) is 10.2 Å². The van der Waals surface area contributed by atoms with Crippen molar-refractivity contribution in [2.45, 2.75) is 32.6 Å². The Kier molecular flexibility index (Phi) is 8.75. The minimum absolute atomic E-state index is 0. The number of rotatable bonds is 5. The van der Waals surface area contributed by atoms with Gasteiger partial charge in [0.25, 0.3) is 0 Å². The van der Waals surface area contributed by atoms with Crippen LogP contribution in [-0.2, 0) is 9.59 Å². The molecule has 1 aliphatic heterocycles. The predicted octanol–water partition coefficient (Wildman–Crippen LogP) is 0.522. The van der Waals surface area contributed by atoms with Gasteiger partial charge < -0.3 is 16.0 Å². The van der Waals surface area contributed by atoms with Crippen LogP contribution in [0.2, 0.25) is 0 Å². The first-order valence-electron chi connectivity index (χ1n) is 6.44. The molecule has 5 nitrogen and oxygen atoms in total. The summed E-state index contributed by atoms with van der Waals surface area (Å²) in [5.41, 5.74) is 5.37. The summed E-state index contributed by atoms with van der Waals surface area (Å²) in [4.78, 5) is 25.3. The second kappa shape index (κ2) is 9.16. The van der Waals surface area contributed by atoms with E-state index in [2.05, 4.69) is 5.32 Å². The summed E-state index contributed by atoms with van der Waals surface area (Å²) in [5, 5.41) is 2.89. The zero-order chi connectivity index (χ0) is 12.7. The Morgan fingerprint density at radius 3 is 2.78 bits per heavy atom. The molecule has 0 radical (unpaired) electrons. The molecule has 1 atom stereocenters. The second-order valence-electron chi connectivity index (χ2n) is 4.51. The van der Waals surface area contributed by atoms with E-state index in [1.54, 1.807) is 4.90 Å². The summed E-state index contributed by atoms with van der Waals surface area (Å²) in [6.45, 7) is 4.43. The lowest BCUT2D eigenvalue weighted by atomic mass is 9.97. The van der Waals surface area contributed by atoms with Crippen LogP contribution in [-0.4, -0.2) is 42.9 Å². The SMILES string of the molecule is CCCNC(=O)C1CCCN(C(=O)CCN)C1.Cl. The molecule has 0 saturated carbocycles. The molecule has 0 aliphatic carbocycles. The molecule has 106 valence electrons. The van der Waals surface area contributed by atoms with Crippen LogP contribution in [0.3, 0.4) is 0 Å². The maximum atomic E-state index is 11.8. The van der Waals surface area contributed by atoms with Gasteiger partial charge in [0.2, 0.25) is 11.8 Å². The molecule has 0 aromatic carbocycles. The van der Waals surface area contributed by atoms with Gasteiger partial charge in [-0.2, -0.15) is 0 Å². The Labute approximate surface area is 115 Å². The monoisotopic (exact) mass is 277 g/mol. The first kappa shape index (κ1) is 17.2. The van der Waals surface area contributed by atoms with Crippen LogP contribution < -0.4 is 11.1 Å². The first-order valence-corrected chi connectivity index (χ1v) is 6.44. The van der Waals surface area contributed by atoms with E-state index in [0.717, 1.165) is 25.8 Å². The van der Waals surface area contributed by atoms with E-state index in [4.69, 9.17) is 5.73 Å². The summed E-state index contributed by atoms with van der Waals surface area (Å²) in [6, 6.07) is 0. The molecule has 3 N–H and O–H groups in total. The summed E-state index contributed by atoms with van der Waals surface area (Å²) in [6.07, 6.45) is 3.10. The Balaban J connectivity index is 0.00000289. The molecule has 1 saturated heterocycles. The van der Waals surface area contributed by atoms with E-state index in [-0.39, 0.29) is 30.1 Å². The second-order valence-corrected chi connectivity index (χ2v) is 4.51. The molecule has 1 unspecified atom stereocenters. The van der Waals surface area contributed by atoms with Crippen molar-refractivity contribution in [3.8, 4) is 0 Å². The number of halogens is 1. The molecule has 1 fully saturated rings. The zero-order valence-corrected chi connectivity index (χ0v) is 11.8. The molecule has 2 amide bonds. The van der Waals surface area contributed by atoms with Crippen molar-refractivity contribution in [1.29, 1.82) is 0 Å². The lowest BCUT2D eigenvalue weighted by Gasteiger charge is -2.32. The number of hydrogen-bond donors (Lipinski definition) is 2. The van der Waals surface area contributed by atoms with Crippen molar-refractivity contribution in [3.63, 3.8) is 0 Å². The first-order chi connectivity index (χ1) is 8.19. The van der Waals surface area contributed by atoms with Crippen LogP contribution in [0.25, 0.3) is 0 Å². The van der Waals surface area contributed by atoms with Gasteiger partial charge in [-0.15, -0.1) is 12.4 Å². The third-order valence-corrected chi connectivity index (χ3v) is 3.05. The number of nitrogens with one attached hydrogen (secondary N) is 1. The Hall–Kier alpha value is -0.810. The number of piperidine rings is 1. The van der Waals surface area contributed by atoms with Crippen molar-refractivity contribution < 1.29 is 9.59 Å². The highest BCUT2D eigenvalue weighted by Crippen LogP contribution is 2.17.